The summed E-state index contributed by atoms with van der Waals surface area (Å²) in [6, 6.07) is 10.0. The lowest BCUT2D eigenvalue weighted by Gasteiger charge is -2.25. The second kappa shape index (κ2) is 9.89. The number of halogens is 1. The highest BCUT2D eigenvalue weighted by molar-refractivity contribution is 6.30. The molecule has 1 saturated heterocycles. The molecule has 158 valence electrons. The van der Waals surface area contributed by atoms with E-state index in [1.807, 2.05) is 44.4 Å². The molecule has 8 heteroatoms. The molecule has 2 atom stereocenters. The average Bonchev–Trinajstić information content (AvgIpc) is 3.39. The summed E-state index contributed by atoms with van der Waals surface area (Å²) < 4.78 is 11.1. The van der Waals surface area contributed by atoms with Crippen LogP contribution < -0.4 is 20.3 Å². The number of methoxy groups -OCH3 is 1. The van der Waals surface area contributed by atoms with Crippen LogP contribution in [0.5, 0.6) is 5.75 Å². The minimum Gasteiger partial charge on any atom is -0.495 e. The van der Waals surface area contributed by atoms with Crippen LogP contribution in [0.15, 0.2) is 46.0 Å². The van der Waals surface area contributed by atoms with Crippen LogP contribution in [0.2, 0.25) is 5.02 Å². The van der Waals surface area contributed by atoms with E-state index < -0.39 is 0 Å². The van der Waals surface area contributed by atoms with Crippen LogP contribution >= 0.6 is 11.6 Å². The number of benzene rings is 1. The Bertz CT molecular complexity index is 809. The zero-order valence-electron chi connectivity index (χ0n) is 17.5. The van der Waals surface area contributed by atoms with Crippen LogP contribution in [0.1, 0.15) is 18.2 Å². The Morgan fingerprint density at radius 1 is 1.41 bits per heavy atom. The predicted molar refractivity (Wildman–Crippen MR) is 118 cm³/mol. The number of rotatable bonds is 7. The maximum Gasteiger partial charge on any atom is 0.191 e. The third-order valence-electron chi connectivity index (χ3n) is 5.19. The summed E-state index contributed by atoms with van der Waals surface area (Å²) in [6.07, 6.45) is 2.71. The number of guanidine groups is 1. The van der Waals surface area contributed by atoms with E-state index in [9.17, 15) is 0 Å². The van der Waals surface area contributed by atoms with Gasteiger partial charge >= 0.3 is 0 Å². The highest BCUT2D eigenvalue weighted by Gasteiger charge is 2.26. The number of anilines is 1. The van der Waals surface area contributed by atoms with E-state index in [4.69, 9.17) is 20.8 Å². The fraction of sp³-hybridized carbons (Fsp3) is 0.476. The summed E-state index contributed by atoms with van der Waals surface area (Å²) in [6.45, 7) is 2.48. The number of hydrogen-bond donors (Lipinski definition) is 2. The first-order valence-corrected chi connectivity index (χ1v) is 10.1. The molecule has 0 bridgehead atoms. The van der Waals surface area contributed by atoms with Gasteiger partial charge in [-0.1, -0.05) is 11.6 Å². The van der Waals surface area contributed by atoms with Gasteiger partial charge in [-0.2, -0.15) is 0 Å². The number of hydrogen-bond acceptors (Lipinski definition) is 5. The molecule has 29 heavy (non-hydrogen) atoms. The van der Waals surface area contributed by atoms with E-state index in [1.165, 1.54) is 0 Å². The average molecular weight is 420 g/mol. The van der Waals surface area contributed by atoms with Crippen LogP contribution in [0.3, 0.4) is 0 Å². The number of nitrogens with zero attached hydrogens (tertiary/aromatic N) is 3. The fourth-order valence-electron chi connectivity index (χ4n) is 3.61. The molecule has 0 saturated carbocycles. The second-order valence-corrected chi connectivity index (χ2v) is 7.78. The second-order valence-electron chi connectivity index (χ2n) is 7.34. The Hall–Kier alpha value is -2.38. The van der Waals surface area contributed by atoms with Gasteiger partial charge < -0.3 is 24.7 Å². The highest BCUT2D eigenvalue weighted by Crippen LogP contribution is 2.33. The predicted octanol–water partition coefficient (Wildman–Crippen LogP) is 2.99. The topological polar surface area (TPSA) is 65.3 Å². The van der Waals surface area contributed by atoms with Crippen molar-refractivity contribution in [2.45, 2.75) is 18.5 Å². The van der Waals surface area contributed by atoms with E-state index in [0.717, 1.165) is 42.7 Å². The van der Waals surface area contributed by atoms with E-state index in [-0.39, 0.29) is 12.1 Å². The van der Waals surface area contributed by atoms with Crippen molar-refractivity contribution in [1.82, 2.24) is 15.5 Å². The lowest BCUT2D eigenvalue weighted by molar-refractivity contribution is 0.258. The molecule has 3 rings (SSSR count). The molecule has 1 fully saturated rings. The van der Waals surface area contributed by atoms with E-state index in [0.29, 0.717) is 11.6 Å². The van der Waals surface area contributed by atoms with Crippen LogP contribution in [-0.4, -0.2) is 64.8 Å². The fourth-order valence-corrected chi connectivity index (χ4v) is 3.77. The van der Waals surface area contributed by atoms with Gasteiger partial charge in [-0.15, -0.1) is 0 Å². The summed E-state index contributed by atoms with van der Waals surface area (Å²) in [4.78, 5) is 8.81. The van der Waals surface area contributed by atoms with Crippen molar-refractivity contribution in [2.75, 3.05) is 52.8 Å². The number of furan rings is 1. The van der Waals surface area contributed by atoms with E-state index in [2.05, 4.69) is 25.4 Å². The molecular weight excluding hydrogens is 390 g/mol. The molecule has 1 aliphatic rings. The molecule has 1 aromatic carbocycles. The first-order valence-electron chi connectivity index (χ1n) is 9.77. The van der Waals surface area contributed by atoms with Crippen molar-refractivity contribution >= 4 is 23.2 Å². The summed E-state index contributed by atoms with van der Waals surface area (Å²) >= 11 is 6.20. The van der Waals surface area contributed by atoms with Gasteiger partial charge in [-0.25, -0.2) is 0 Å². The van der Waals surface area contributed by atoms with Gasteiger partial charge in [-0.3, -0.25) is 9.89 Å². The Labute approximate surface area is 177 Å². The molecule has 0 radical (unpaired) electrons. The Balaban J connectivity index is 1.58. The van der Waals surface area contributed by atoms with Gasteiger partial charge in [0.1, 0.15) is 11.5 Å². The monoisotopic (exact) mass is 419 g/mol. The van der Waals surface area contributed by atoms with Crippen molar-refractivity contribution < 1.29 is 9.15 Å². The van der Waals surface area contributed by atoms with Gasteiger partial charge in [0.25, 0.3) is 0 Å². The third-order valence-corrected chi connectivity index (χ3v) is 5.43. The molecule has 2 unspecified atom stereocenters. The molecule has 0 aliphatic carbocycles. The van der Waals surface area contributed by atoms with Gasteiger partial charge in [-0.05, 0) is 50.8 Å². The molecular formula is C21H30ClN5O2. The molecule has 1 aliphatic heterocycles. The van der Waals surface area contributed by atoms with Crippen molar-refractivity contribution in [3.05, 3.63) is 47.4 Å². The standard InChI is InChI=1S/C21H30ClN5O2/c1-23-21(24-13-18(26(2)3)20-6-5-11-29-20)25-16-9-10-27(14-16)17-12-15(22)7-8-19(17)28-4/h5-8,11-12,16,18H,9-10,13-14H2,1-4H3,(H2,23,24,25). The largest absolute Gasteiger partial charge is 0.495 e. The molecule has 2 aromatic rings. The molecule has 7 nitrogen and oxygen atoms in total. The van der Waals surface area contributed by atoms with E-state index >= 15 is 0 Å². The van der Waals surface area contributed by atoms with Crippen molar-refractivity contribution in [3.8, 4) is 5.75 Å². The number of nitrogens with one attached hydrogen (secondary N) is 2. The maximum atomic E-state index is 6.20. The number of ether oxygens (including phenoxy) is 1. The lowest BCUT2D eigenvalue weighted by atomic mass is 10.2. The normalized spacial score (nSPS) is 18.2. The quantitative estimate of drug-likeness (QED) is 0.531. The smallest absolute Gasteiger partial charge is 0.191 e. The zero-order chi connectivity index (χ0) is 20.8. The third kappa shape index (κ3) is 5.36. The van der Waals surface area contributed by atoms with Gasteiger partial charge in [0.2, 0.25) is 0 Å². The van der Waals surface area contributed by atoms with Crippen LogP contribution in [0, 0.1) is 0 Å². The SMILES string of the molecule is CN=C(NCC(c1ccco1)N(C)C)NC1CCN(c2cc(Cl)ccc2OC)C1. The summed E-state index contributed by atoms with van der Waals surface area (Å²) in [5.41, 5.74) is 1.03. The Kier molecular flexibility index (Phi) is 7.28. The van der Waals surface area contributed by atoms with Crippen molar-refractivity contribution in [1.29, 1.82) is 0 Å². The molecule has 2 N–H and O–H groups in total. The Morgan fingerprint density at radius 2 is 2.24 bits per heavy atom. The van der Waals surface area contributed by atoms with Crippen LogP contribution in [0.25, 0.3) is 0 Å². The first kappa shape index (κ1) is 21.3. The summed E-state index contributed by atoms with van der Waals surface area (Å²) in [5.74, 6) is 2.55. The van der Waals surface area contributed by atoms with Crippen molar-refractivity contribution in [3.63, 3.8) is 0 Å². The Morgan fingerprint density at radius 3 is 2.90 bits per heavy atom. The molecule has 1 aromatic heterocycles. The molecule has 0 spiro atoms. The minimum absolute atomic E-state index is 0.124. The minimum atomic E-state index is 0.124. The van der Waals surface area contributed by atoms with Gasteiger partial charge in [0.05, 0.1) is 25.1 Å². The molecule has 2 heterocycles. The van der Waals surface area contributed by atoms with Crippen LogP contribution in [-0.2, 0) is 0 Å². The number of aliphatic imine (C=N–C) groups is 1. The van der Waals surface area contributed by atoms with Crippen LogP contribution in [0.4, 0.5) is 5.69 Å². The van der Waals surface area contributed by atoms with Gasteiger partial charge in [0.15, 0.2) is 5.96 Å². The van der Waals surface area contributed by atoms with Crippen molar-refractivity contribution in [2.24, 2.45) is 4.99 Å². The lowest BCUT2D eigenvalue weighted by Crippen LogP contribution is -2.46. The molecule has 0 amide bonds. The van der Waals surface area contributed by atoms with E-state index in [1.54, 1.807) is 20.4 Å². The number of likely N-dealkylation sites (N-methyl/N-ethyl adjacent to an activating group) is 1. The summed E-state index contributed by atoms with van der Waals surface area (Å²) in [5, 5.41) is 7.67. The zero-order valence-corrected chi connectivity index (χ0v) is 18.2. The summed E-state index contributed by atoms with van der Waals surface area (Å²) in [7, 11) is 7.56. The maximum absolute atomic E-state index is 6.20. The van der Waals surface area contributed by atoms with Gasteiger partial charge in [0, 0.05) is 37.7 Å². The highest BCUT2D eigenvalue weighted by atomic mass is 35.5. The first-order chi connectivity index (χ1) is 14.0.